The molecule has 0 amide bonds. The molecule has 0 saturated heterocycles. The van der Waals surface area contributed by atoms with E-state index in [2.05, 4.69) is 38.1 Å². The van der Waals surface area contributed by atoms with E-state index in [0.29, 0.717) is 138 Å². The molecular formula is C44H59NO12. The van der Waals surface area contributed by atoms with Crippen LogP contribution in [0.2, 0.25) is 0 Å². The summed E-state index contributed by atoms with van der Waals surface area (Å²) in [6.07, 6.45) is 0. The summed E-state index contributed by atoms with van der Waals surface area (Å²) < 4.78 is 65.7. The van der Waals surface area contributed by atoms with Gasteiger partial charge in [-0.15, -0.1) is 0 Å². The molecule has 13 heteroatoms. The van der Waals surface area contributed by atoms with Crippen molar-refractivity contribution < 1.29 is 56.9 Å². The van der Waals surface area contributed by atoms with Crippen LogP contribution in [0.4, 0.5) is 5.69 Å². The monoisotopic (exact) mass is 793 g/mol. The van der Waals surface area contributed by atoms with Crippen molar-refractivity contribution in [2.45, 2.75) is 45.9 Å². The van der Waals surface area contributed by atoms with Crippen LogP contribution in [0.3, 0.4) is 0 Å². The molecule has 312 valence electrons. The van der Waals surface area contributed by atoms with E-state index in [4.69, 9.17) is 52.1 Å². The average molecular weight is 794 g/mol. The van der Waals surface area contributed by atoms with E-state index in [1.54, 1.807) is 0 Å². The van der Waals surface area contributed by atoms with Gasteiger partial charge in [0.15, 0.2) is 5.60 Å². The minimum Gasteiger partial charge on any atom is -0.441 e. The zero-order valence-corrected chi connectivity index (χ0v) is 34.0. The summed E-state index contributed by atoms with van der Waals surface area (Å²) in [6.45, 7) is 12.7. The molecule has 4 bridgehead atoms. The lowest BCUT2D eigenvalue weighted by atomic mass is 9.76. The van der Waals surface area contributed by atoms with Crippen LogP contribution in [0.1, 0.15) is 60.4 Å². The van der Waals surface area contributed by atoms with Gasteiger partial charge in [-0.2, -0.15) is 0 Å². The van der Waals surface area contributed by atoms with Crippen LogP contribution in [0.15, 0.2) is 42.5 Å². The van der Waals surface area contributed by atoms with Crippen LogP contribution in [-0.4, -0.2) is 126 Å². The molecule has 0 N–H and O–H groups in total. The van der Waals surface area contributed by atoms with Gasteiger partial charge in [0.05, 0.1) is 138 Å². The number of anilines is 1. The van der Waals surface area contributed by atoms with Gasteiger partial charge in [-0.25, -0.2) is 4.79 Å². The number of hydrogen-bond acceptors (Lipinski definition) is 13. The van der Waals surface area contributed by atoms with Crippen molar-refractivity contribution in [3.8, 4) is 0 Å². The molecule has 57 heavy (non-hydrogen) atoms. The quantitative estimate of drug-likeness (QED) is 0.330. The van der Waals surface area contributed by atoms with E-state index in [1.165, 1.54) is 0 Å². The summed E-state index contributed by atoms with van der Waals surface area (Å²) in [5.41, 5.74) is 8.32. The minimum atomic E-state index is -1.32. The van der Waals surface area contributed by atoms with E-state index in [-0.39, 0.29) is 0 Å². The van der Waals surface area contributed by atoms with Gasteiger partial charge in [0.1, 0.15) is 0 Å². The fourth-order valence-corrected chi connectivity index (χ4v) is 7.10. The molecule has 3 aliphatic heterocycles. The first-order valence-electron chi connectivity index (χ1n) is 20.0. The van der Waals surface area contributed by atoms with Gasteiger partial charge >= 0.3 is 5.97 Å². The Kier molecular flexibility index (Phi) is 16.7. The van der Waals surface area contributed by atoms with Crippen molar-refractivity contribution in [1.29, 1.82) is 0 Å². The van der Waals surface area contributed by atoms with Crippen LogP contribution in [0.5, 0.6) is 0 Å². The van der Waals surface area contributed by atoms with Gasteiger partial charge in [-0.1, -0.05) is 6.07 Å². The number of esters is 1. The van der Waals surface area contributed by atoms with Gasteiger partial charge in [-0.3, -0.25) is 0 Å². The number of carbonyl (C=O) groups excluding carboxylic acids is 1. The molecular weight excluding hydrogens is 734 g/mol. The second-order valence-corrected chi connectivity index (χ2v) is 14.4. The first-order valence-corrected chi connectivity index (χ1v) is 20.0. The fourth-order valence-electron chi connectivity index (χ4n) is 7.10. The lowest BCUT2D eigenvalue weighted by molar-refractivity contribution is -0.0147. The van der Waals surface area contributed by atoms with Crippen molar-refractivity contribution in [2.75, 3.05) is 125 Å². The maximum atomic E-state index is 14.2. The minimum absolute atomic E-state index is 0.328. The standard InChI is InChI=1S/C44H59NO12/c1-32-34-23-38(24-35(32)29-54-20-16-50-12-8-47-7-11-49-15-19-53-28-34)44(42-6-5-40(45(3)4)27-41(42)43(46)57-44)39-25-36-30-55-21-17-51-13-9-48-10-14-52-18-22-56-31-37(26-39)33(36)2/h5-6,23-27H,7-22,28-31H2,1-4H3. The lowest BCUT2D eigenvalue weighted by Crippen LogP contribution is -2.31. The van der Waals surface area contributed by atoms with E-state index >= 15 is 0 Å². The molecule has 0 fully saturated rings. The molecule has 3 aliphatic rings. The summed E-state index contributed by atoms with van der Waals surface area (Å²) in [5, 5.41) is 0. The number of hydrogen-bond donors (Lipinski definition) is 0. The lowest BCUT2D eigenvalue weighted by Gasteiger charge is -2.33. The van der Waals surface area contributed by atoms with Crippen molar-refractivity contribution in [3.05, 3.63) is 98.1 Å². The molecule has 0 spiro atoms. The number of fused-ring (bicyclic) bond motifs is 5. The number of nitrogens with zero attached hydrogens (tertiary/aromatic N) is 1. The van der Waals surface area contributed by atoms with Gasteiger partial charge in [0.25, 0.3) is 0 Å². The Morgan fingerprint density at radius 2 is 0.772 bits per heavy atom. The van der Waals surface area contributed by atoms with Crippen LogP contribution in [-0.2, 0) is 84.1 Å². The summed E-state index contributed by atoms with van der Waals surface area (Å²) >= 11 is 0. The Morgan fingerprint density at radius 3 is 1.09 bits per heavy atom. The van der Waals surface area contributed by atoms with Gasteiger partial charge in [0, 0.05) is 36.5 Å². The topological polar surface area (TPSA) is 122 Å². The van der Waals surface area contributed by atoms with Crippen molar-refractivity contribution in [2.24, 2.45) is 0 Å². The van der Waals surface area contributed by atoms with Gasteiger partial charge in [0.2, 0.25) is 0 Å². The van der Waals surface area contributed by atoms with Crippen molar-refractivity contribution in [3.63, 3.8) is 0 Å². The van der Waals surface area contributed by atoms with Gasteiger partial charge < -0.3 is 57.0 Å². The second kappa shape index (κ2) is 22.1. The number of ether oxygens (including phenoxy) is 11. The third kappa shape index (κ3) is 11.4. The molecule has 0 saturated carbocycles. The molecule has 0 aromatic heterocycles. The Labute approximate surface area is 336 Å². The smallest absolute Gasteiger partial charge is 0.340 e. The third-order valence-corrected chi connectivity index (χ3v) is 10.4. The zero-order chi connectivity index (χ0) is 39.9. The number of benzene rings is 3. The molecule has 3 aromatic rings. The summed E-state index contributed by atoms with van der Waals surface area (Å²) in [6, 6.07) is 14.4. The van der Waals surface area contributed by atoms with Crippen molar-refractivity contribution >= 4 is 11.7 Å². The highest BCUT2D eigenvalue weighted by Gasteiger charge is 2.49. The first kappa shape index (κ1) is 43.1. The molecule has 0 radical (unpaired) electrons. The average Bonchev–Trinajstić information content (AvgIpc) is 3.51. The molecule has 0 aliphatic carbocycles. The highest BCUT2D eigenvalue weighted by Crippen LogP contribution is 2.49. The van der Waals surface area contributed by atoms with Crippen LogP contribution in [0.25, 0.3) is 0 Å². The van der Waals surface area contributed by atoms with Crippen LogP contribution in [0, 0.1) is 13.8 Å². The molecule has 3 aromatic carbocycles. The Bertz CT molecular complexity index is 1580. The Morgan fingerprint density at radius 1 is 0.456 bits per heavy atom. The first-order chi connectivity index (χ1) is 27.9. The predicted octanol–water partition coefficient (Wildman–Crippen LogP) is 5.02. The zero-order valence-electron chi connectivity index (χ0n) is 34.0. The van der Waals surface area contributed by atoms with Crippen molar-refractivity contribution in [1.82, 2.24) is 0 Å². The maximum absolute atomic E-state index is 14.2. The summed E-state index contributed by atoms with van der Waals surface area (Å²) in [5.74, 6) is -0.402. The number of rotatable bonds is 3. The molecule has 3 heterocycles. The highest BCUT2D eigenvalue weighted by atomic mass is 16.6. The SMILES string of the molecule is Cc1c2cc(C3(c4cc5c(C)c(c4)COCCOCCOCCOCCOC5)OC(=O)c4cc(N(C)C)ccc43)cc1COCCOCCOCCOCCOC2. The van der Waals surface area contributed by atoms with E-state index in [1.807, 2.05) is 37.2 Å². The highest BCUT2D eigenvalue weighted by molar-refractivity contribution is 5.97. The van der Waals surface area contributed by atoms with Crippen LogP contribution >= 0.6 is 0 Å². The van der Waals surface area contributed by atoms with E-state index in [9.17, 15) is 4.79 Å². The molecule has 0 unspecified atom stereocenters. The molecule has 0 atom stereocenters. The fraction of sp³-hybridized carbons (Fsp3) is 0.568. The molecule has 6 rings (SSSR count). The Balaban J connectivity index is 1.46. The third-order valence-electron chi connectivity index (χ3n) is 10.4. The van der Waals surface area contributed by atoms with E-state index < -0.39 is 11.6 Å². The second-order valence-electron chi connectivity index (χ2n) is 14.4. The predicted molar refractivity (Wildman–Crippen MR) is 212 cm³/mol. The van der Waals surface area contributed by atoms with E-state index in [0.717, 1.165) is 55.8 Å². The molecule has 13 nitrogen and oxygen atoms in total. The Hall–Kier alpha value is -3.47. The number of carbonyl (C=O) groups is 1. The van der Waals surface area contributed by atoms with Crippen LogP contribution < -0.4 is 4.90 Å². The number of cyclic esters (lactones) is 1. The summed E-state index contributed by atoms with van der Waals surface area (Å²) in [4.78, 5) is 16.2. The maximum Gasteiger partial charge on any atom is 0.340 e. The van der Waals surface area contributed by atoms with Gasteiger partial charge in [-0.05, 0) is 83.6 Å². The largest absolute Gasteiger partial charge is 0.441 e. The normalized spacial score (nSPS) is 20.2. The summed E-state index contributed by atoms with van der Waals surface area (Å²) in [7, 11) is 3.91.